The molecule has 2 aromatic rings. The second kappa shape index (κ2) is 5.92. The van der Waals surface area contributed by atoms with Gasteiger partial charge in [0.1, 0.15) is 0 Å². The lowest BCUT2D eigenvalue weighted by Crippen LogP contribution is -2.43. The van der Waals surface area contributed by atoms with Gasteiger partial charge in [-0.2, -0.15) is 0 Å². The fraction of sp³-hybridized carbons (Fsp3) is 0.588. The van der Waals surface area contributed by atoms with Gasteiger partial charge in [-0.3, -0.25) is 14.1 Å². The van der Waals surface area contributed by atoms with Crippen molar-refractivity contribution in [1.82, 2.24) is 24.2 Å². The van der Waals surface area contributed by atoms with Crippen LogP contribution in [-0.2, 0) is 11.3 Å². The van der Waals surface area contributed by atoms with Crippen LogP contribution in [0.2, 0.25) is 0 Å². The number of likely N-dealkylation sites (tertiary alicyclic amines) is 1. The predicted molar refractivity (Wildman–Crippen MR) is 86.8 cm³/mol. The van der Waals surface area contributed by atoms with E-state index in [2.05, 4.69) is 24.2 Å². The lowest BCUT2D eigenvalue weighted by molar-refractivity contribution is -0.130. The Labute approximate surface area is 136 Å². The molecule has 6 heteroatoms. The molecular weight excluding hydrogens is 290 g/mol. The molecule has 0 aromatic carbocycles. The molecule has 23 heavy (non-hydrogen) atoms. The summed E-state index contributed by atoms with van der Waals surface area (Å²) in [6.07, 6.45) is 10.4. The number of amides is 1. The Hall–Kier alpha value is -1.95. The van der Waals surface area contributed by atoms with E-state index in [9.17, 15) is 4.79 Å². The first-order valence-corrected chi connectivity index (χ1v) is 8.50. The highest BCUT2D eigenvalue weighted by Crippen LogP contribution is 2.29. The van der Waals surface area contributed by atoms with Crippen LogP contribution in [0, 0.1) is 0 Å². The minimum Gasteiger partial charge on any atom is -0.338 e. The van der Waals surface area contributed by atoms with Crippen molar-refractivity contribution in [2.45, 2.75) is 51.2 Å². The lowest BCUT2D eigenvalue weighted by atomic mass is 10.2. The molecule has 0 bridgehead atoms. The molecule has 1 saturated carbocycles. The highest BCUT2D eigenvalue weighted by Gasteiger charge is 2.35. The highest BCUT2D eigenvalue weighted by molar-refractivity contribution is 5.74. The third kappa shape index (κ3) is 2.95. The van der Waals surface area contributed by atoms with Crippen LogP contribution in [0.15, 0.2) is 24.7 Å². The van der Waals surface area contributed by atoms with Crippen molar-refractivity contribution in [2.75, 3.05) is 13.1 Å². The molecule has 2 fully saturated rings. The third-order valence-corrected chi connectivity index (χ3v) is 5.03. The zero-order valence-electron chi connectivity index (χ0n) is 13.6. The smallest absolute Gasteiger partial charge is 0.233 e. The monoisotopic (exact) mass is 313 g/mol. The first kappa shape index (κ1) is 14.6. The quantitative estimate of drug-likeness (QED) is 0.843. The molecule has 1 saturated heterocycles. The van der Waals surface area contributed by atoms with Crippen LogP contribution >= 0.6 is 0 Å². The Kier molecular flexibility index (Phi) is 3.77. The fourth-order valence-electron chi connectivity index (χ4n) is 3.66. The molecule has 4 rings (SSSR count). The van der Waals surface area contributed by atoms with Gasteiger partial charge in [0.05, 0.1) is 11.9 Å². The maximum atomic E-state index is 11.9. The normalized spacial score (nSPS) is 21.9. The number of aromatic nitrogens is 3. The number of carbonyl (C=O) groups excluding carboxylic acids is 1. The number of nitrogens with zero attached hydrogens (tertiary/aromatic N) is 5. The molecule has 0 N–H and O–H groups in total. The second-order valence-electron chi connectivity index (χ2n) is 6.71. The predicted octanol–water partition coefficient (Wildman–Crippen LogP) is 1.70. The van der Waals surface area contributed by atoms with Crippen molar-refractivity contribution < 1.29 is 4.79 Å². The molecule has 3 heterocycles. The van der Waals surface area contributed by atoms with E-state index in [0.717, 1.165) is 25.4 Å². The summed E-state index contributed by atoms with van der Waals surface area (Å²) < 4.78 is 2.05. The summed E-state index contributed by atoms with van der Waals surface area (Å²) in [6, 6.07) is 2.89. The van der Waals surface area contributed by atoms with E-state index < -0.39 is 0 Å². The minimum absolute atomic E-state index is 0.221. The number of hydrogen-bond acceptors (Lipinski definition) is 4. The van der Waals surface area contributed by atoms with Crippen molar-refractivity contribution in [3.05, 3.63) is 30.4 Å². The summed E-state index contributed by atoms with van der Waals surface area (Å²) >= 11 is 0. The van der Waals surface area contributed by atoms with Gasteiger partial charge in [-0.15, -0.1) is 0 Å². The van der Waals surface area contributed by atoms with Crippen molar-refractivity contribution in [2.24, 2.45) is 0 Å². The Morgan fingerprint density at radius 3 is 3.00 bits per heavy atom. The maximum absolute atomic E-state index is 11.9. The number of hydrogen-bond donors (Lipinski definition) is 0. The highest BCUT2D eigenvalue weighted by atomic mass is 16.2. The van der Waals surface area contributed by atoms with E-state index in [4.69, 9.17) is 0 Å². The molecule has 0 spiro atoms. The zero-order valence-corrected chi connectivity index (χ0v) is 13.6. The molecule has 0 radical (unpaired) electrons. The van der Waals surface area contributed by atoms with Crippen LogP contribution in [0.1, 0.15) is 38.3 Å². The number of rotatable bonds is 5. The van der Waals surface area contributed by atoms with Crippen molar-refractivity contribution in [3.63, 3.8) is 0 Å². The minimum atomic E-state index is 0.221. The summed E-state index contributed by atoms with van der Waals surface area (Å²) in [5.41, 5.74) is 1.17. The van der Waals surface area contributed by atoms with Crippen LogP contribution in [-0.4, -0.2) is 55.2 Å². The molecule has 122 valence electrons. The third-order valence-electron chi connectivity index (χ3n) is 5.03. The lowest BCUT2D eigenvalue weighted by Gasteiger charge is -2.30. The first-order valence-electron chi connectivity index (χ1n) is 8.50. The van der Waals surface area contributed by atoms with Crippen LogP contribution in [0.3, 0.4) is 0 Å². The Morgan fingerprint density at radius 1 is 1.35 bits per heavy atom. The van der Waals surface area contributed by atoms with Gasteiger partial charge in [0.15, 0.2) is 0 Å². The Morgan fingerprint density at radius 2 is 2.22 bits per heavy atom. The molecule has 0 unspecified atom stereocenters. The molecule has 6 nitrogen and oxygen atoms in total. The topological polar surface area (TPSA) is 53.7 Å². The largest absolute Gasteiger partial charge is 0.338 e. The average Bonchev–Trinajstić information content (AvgIpc) is 3.16. The fourth-order valence-corrected chi connectivity index (χ4v) is 3.66. The van der Waals surface area contributed by atoms with E-state index in [1.165, 1.54) is 31.4 Å². The van der Waals surface area contributed by atoms with E-state index >= 15 is 0 Å². The van der Waals surface area contributed by atoms with E-state index in [0.29, 0.717) is 12.1 Å². The van der Waals surface area contributed by atoms with Gasteiger partial charge in [0, 0.05) is 44.5 Å². The summed E-state index contributed by atoms with van der Waals surface area (Å²) in [5, 5.41) is 0. The zero-order chi connectivity index (χ0) is 15.8. The van der Waals surface area contributed by atoms with Crippen LogP contribution in [0.4, 0.5) is 0 Å². The Balaban J connectivity index is 1.48. The van der Waals surface area contributed by atoms with E-state index in [1.54, 1.807) is 13.1 Å². The summed E-state index contributed by atoms with van der Waals surface area (Å²) in [4.78, 5) is 25.1. The molecular formula is C17H23N5O. The molecule has 1 aliphatic heterocycles. The van der Waals surface area contributed by atoms with Crippen LogP contribution in [0.25, 0.3) is 5.78 Å². The van der Waals surface area contributed by atoms with Gasteiger partial charge in [-0.25, -0.2) is 9.97 Å². The van der Waals surface area contributed by atoms with Gasteiger partial charge < -0.3 is 4.90 Å². The summed E-state index contributed by atoms with van der Waals surface area (Å²) in [6.45, 7) is 4.53. The van der Waals surface area contributed by atoms with Gasteiger partial charge in [-0.05, 0) is 38.3 Å². The number of imidazole rings is 1. The van der Waals surface area contributed by atoms with Gasteiger partial charge in [0.25, 0.3) is 0 Å². The van der Waals surface area contributed by atoms with Gasteiger partial charge in [-0.1, -0.05) is 0 Å². The van der Waals surface area contributed by atoms with E-state index in [1.807, 2.05) is 18.5 Å². The maximum Gasteiger partial charge on any atom is 0.233 e. The molecule has 1 aliphatic carbocycles. The number of carbonyl (C=O) groups is 1. The second-order valence-corrected chi connectivity index (χ2v) is 6.71. The van der Waals surface area contributed by atoms with E-state index in [-0.39, 0.29) is 5.91 Å². The molecule has 1 amide bonds. The standard InChI is InChI=1S/C17H23N5O/c1-13(23)22(14-5-6-14)12-15-4-2-8-20(15)11-16-10-19-17-18-7-3-9-21(16)17/h3,7,9-10,14-15H,2,4-6,8,11-12H2,1H3/t15-/m1/s1. The van der Waals surface area contributed by atoms with Crippen molar-refractivity contribution in [1.29, 1.82) is 0 Å². The van der Waals surface area contributed by atoms with Crippen LogP contribution in [0.5, 0.6) is 0 Å². The molecule has 1 atom stereocenters. The SMILES string of the molecule is CC(=O)N(C[C@H]1CCCN1Cc1cnc2ncccn12)C1CC1. The van der Waals surface area contributed by atoms with Crippen molar-refractivity contribution in [3.8, 4) is 0 Å². The number of fused-ring (bicyclic) bond motifs is 1. The Bertz CT molecular complexity index is 708. The van der Waals surface area contributed by atoms with Gasteiger partial charge >= 0.3 is 0 Å². The first-order chi connectivity index (χ1) is 11.2. The molecule has 2 aliphatic rings. The van der Waals surface area contributed by atoms with Gasteiger partial charge in [0.2, 0.25) is 11.7 Å². The summed E-state index contributed by atoms with van der Waals surface area (Å²) in [5.74, 6) is 0.972. The van der Waals surface area contributed by atoms with Crippen LogP contribution < -0.4 is 0 Å². The molecule has 2 aromatic heterocycles. The summed E-state index contributed by atoms with van der Waals surface area (Å²) in [7, 11) is 0. The average molecular weight is 313 g/mol. The van der Waals surface area contributed by atoms with Crippen molar-refractivity contribution >= 4 is 11.7 Å².